The number of thiazole rings is 1. The van der Waals surface area contributed by atoms with Crippen molar-refractivity contribution in [3.05, 3.63) is 57.4 Å². The molecule has 0 saturated heterocycles. The van der Waals surface area contributed by atoms with E-state index in [1.54, 1.807) is 17.4 Å². The maximum absolute atomic E-state index is 12.4. The second-order valence-electron chi connectivity index (χ2n) is 5.80. The molecule has 3 aromatic rings. The summed E-state index contributed by atoms with van der Waals surface area (Å²) in [5.74, 6) is -0.589. The van der Waals surface area contributed by atoms with Crippen LogP contribution in [0.4, 0.5) is 5.69 Å². The number of amides is 1. The number of rotatable bonds is 5. The molecule has 2 heterocycles. The predicted octanol–water partition coefficient (Wildman–Crippen LogP) is 4.46. The highest BCUT2D eigenvalue weighted by Crippen LogP contribution is 2.28. The molecule has 2 aromatic heterocycles. The molecule has 7 heteroatoms. The van der Waals surface area contributed by atoms with Gasteiger partial charge in [0.15, 0.2) is 0 Å². The van der Waals surface area contributed by atoms with Crippen LogP contribution >= 0.6 is 22.7 Å². The van der Waals surface area contributed by atoms with Gasteiger partial charge in [-0.15, -0.1) is 22.7 Å². The van der Waals surface area contributed by atoms with Crippen molar-refractivity contribution in [3.63, 3.8) is 0 Å². The van der Waals surface area contributed by atoms with Gasteiger partial charge < -0.3 is 10.1 Å². The number of hydrogen-bond acceptors (Lipinski definition) is 6. The van der Waals surface area contributed by atoms with Crippen molar-refractivity contribution >= 4 is 40.2 Å². The van der Waals surface area contributed by atoms with Crippen LogP contribution in [0.2, 0.25) is 0 Å². The SMILES string of the molecule is COC(=O)c1cc(NC(=O)Cc2csc(-c3cccs3)n2)cc(C)c1C. The monoisotopic (exact) mass is 386 g/mol. The third kappa shape index (κ3) is 4.00. The van der Waals surface area contributed by atoms with Crippen molar-refractivity contribution in [2.75, 3.05) is 12.4 Å². The van der Waals surface area contributed by atoms with Crippen molar-refractivity contribution in [1.29, 1.82) is 0 Å². The lowest BCUT2D eigenvalue weighted by atomic mass is 10.0. The van der Waals surface area contributed by atoms with Gasteiger partial charge in [-0.05, 0) is 48.6 Å². The third-order valence-corrected chi connectivity index (χ3v) is 5.91. The Balaban J connectivity index is 1.72. The summed E-state index contributed by atoms with van der Waals surface area (Å²) < 4.78 is 4.81. The Labute approximate surface area is 159 Å². The van der Waals surface area contributed by atoms with Gasteiger partial charge in [0.1, 0.15) is 5.01 Å². The van der Waals surface area contributed by atoms with Gasteiger partial charge in [0.05, 0.1) is 29.7 Å². The van der Waals surface area contributed by atoms with Crippen molar-refractivity contribution < 1.29 is 14.3 Å². The van der Waals surface area contributed by atoms with Crippen LogP contribution in [0.15, 0.2) is 35.0 Å². The van der Waals surface area contributed by atoms with Gasteiger partial charge in [-0.2, -0.15) is 0 Å². The number of nitrogens with zero attached hydrogens (tertiary/aromatic N) is 1. The molecule has 1 N–H and O–H groups in total. The molecule has 0 atom stereocenters. The molecule has 0 bridgehead atoms. The minimum absolute atomic E-state index is 0.174. The van der Waals surface area contributed by atoms with Crippen LogP contribution < -0.4 is 5.32 Å². The zero-order valence-corrected chi connectivity index (χ0v) is 16.3. The number of nitrogens with one attached hydrogen (secondary N) is 1. The smallest absolute Gasteiger partial charge is 0.338 e. The Morgan fingerprint density at radius 1 is 1.23 bits per heavy atom. The van der Waals surface area contributed by atoms with E-state index < -0.39 is 5.97 Å². The molecular formula is C19H18N2O3S2. The lowest BCUT2D eigenvalue weighted by molar-refractivity contribution is -0.115. The van der Waals surface area contributed by atoms with Crippen LogP contribution in [-0.2, 0) is 16.0 Å². The average Bonchev–Trinajstić information content (AvgIpc) is 3.28. The first kappa shape index (κ1) is 18.3. The molecule has 1 amide bonds. The largest absolute Gasteiger partial charge is 0.465 e. The fraction of sp³-hybridized carbons (Fsp3) is 0.211. The predicted molar refractivity (Wildman–Crippen MR) is 105 cm³/mol. The average molecular weight is 386 g/mol. The van der Waals surface area contributed by atoms with Gasteiger partial charge in [0.2, 0.25) is 5.91 Å². The molecule has 0 saturated carbocycles. The summed E-state index contributed by atoms with van der Waals surface area (Å²) in [6.45, 7) is 3.75. The molecule has 0 radical (unpaired) electrons. The van der Waals surface area contributed by atoms with E-state index in [0.717, 1.165) is 26.7 Å². The summed E-state index contributed by atoms with van der Waals surface area (Å²) in [6, 6.07) is 7.48. The summed E-state index contributed by atoms with van der Waals surface area (Å²) in [7, 11) is 1.34. The van der Waals surface area contributed by atoms with E-state index in [1.165, 1.54) is 18.4 Å². The maximum Gasteiger partial charge on any atom is 0.338 e. The quantitative estimate of drug-likeness (QED) is 0.658. The number of hydrogen-bond donors (Lipinski definition) is 1. The molecule has 26 heavy (non-hydrogen) atoms. The molecular weight excluding hydrogens is 368 g/mol. The molecule has 0 spiro atoms. The summed E-state index contributed by atoms with van der Waals surface area (Å²) in [5, 5.41) is 7.66. The summed E-state index contributed by atoms with van der Waals surface area (Å²) in [5.41, 5.74) is 3.52. The topological polar surface area (TPSA) is 68.3 Å². The molecule has 1 aromatic carbocycles. The Morgan fingerprint density at radius 2 is 2.04 bits per heavy atom. The Morgan fingerprint density at radius 3 is 2.73 bits per heavy atom. The Kier molecular flexibility index (Phi) is 5.49. The number of aryl methyl sites for hydroxylation is 1. The highest BCUT2D eigenvalue weighted by atomic mass is 32.1. The number of ether oxygens (including phenoxy) is 1. The van der Waals surface area contributed by atoms with Crippen LogP contribution in [0.25, 0.3) is 9.88 Å². The van der Waals surface area contributed by atoms with Crippen LogP contribution in [0.1, 0.15) is 27.2 Å². The van der Waals surface area contributed by atoms with Gasteiger partial charge in [-0.25, -0.2) is 9.78 Å². The Hall–Kier alpha value is -2.51. The second-order valence-corrected chi connectivity index (χ2v) is 7.61. The van der Waals surface area contributed by atoms with Crippen LogP contribution in [0.5, 0.6) is 0 Å². The summed E-state index contributed by atoms with van der Waals surface area (Å²) in [4.78, 5) is 29.9. The van der Waals surface area contributed by atoms with Crippen LogP contribution in [-0.4, -0.2) is 24.0 Å². The zero-order valence-electron chi connectivity index (χ0n) is 14.7. The first-order chi connectivity index (χ1) is 12.5. The first-order valence-corrected chi connectivity index (χ1v) is 9.71. The number of benzene rings is 1. The fourth-order valence-electron chi connectivity index (χ4n) is 2.52. The summed E-state index contributed by atoms with van der Waals surface area (Å²) in [6.07, 6.45) is 0.183. The number of esters is 1. The van der Waals surface area contributed by atoms with E-state index >= 15 is 0 Å². The fourth-order valence-corrected chi connectivity index (χ4v) is 4.16. The van der Waals surface area contributed by atoms with Crippen molar-refractivity contribution in [3.8, 4) is 9.88 Å². The normalized spacial score (nSPS) is 10.6. The first-order valence-electron chi connectivity index (χ1n) is 7.95. The van der Waals surface area contributed by atoms with E-state index in [-0.39, 0.29) is 12.3 Å². The number of carbonyl (C=O) groups is 2. The molecule has 0 fully saturated rings. The number of aromatic nitrogens is 1. The van der Waals surface area contributed by atoms with E-state index in [2.05, 4.69) is 10.3 Å². The minimum Gasteiger partial charge on any atom is -0.465 e. The highest BCUT2D eigenvalue weighted by Gasteiger charge is 2.15. The van der Waals surface area contributed by atoms with Crippen molar-refractivity contribution in [1.82, 2.24) is 4.98 Å². The van der Waals surface area contributed by atoms with Crippen molar-refractivity contribution in [2.45, 2.75) is 20.3 Å². The van der Waals surface area contributed by atoms with Crippen LogP contribution in [0.3, 0.4) is 0 Å². The number of anilines is 1. The number of thiophene rings is 1. The molecule has 0 unspecified atom stereocenters. The van der Waals surface area contributed by atoms with E-state index in [1.807, 2.05) is 42.8 Å². The molecule has 0 aliphatic carbocycles. The lowest BCUT2D eigenvalue weighted by Gasteiger charge is -2.11. The van der Waals surface area contributed by atoms with Gasteiger partial charge in [-0.1, -0.05) is 6.07 Å². The van der Waals surface area contributed by atoms with Crippen LogP contribution in [0, 0.1) is 13.8 Å². The van der Waals surface area contributed by atoms with E-state index in [4.69, 9.17) is 4.74 Å². The van der Waals surface area contributed by atoms with Gasteiger partial charge in [0.25, 0.3) is 0 Å². The Bertz CT molecular complexity index is 946. The minimum atomic E-state index is -0.415. The third-order valence-electron chi connectivity index (χ3n) is 3.98. The molecule has 0 aliphatic rings. The van der Waals surface area contributed by atoms with E-state index in [0.29, 0.717) is 11.3 Å². The van der Waals surface area contributed by atoms with E-state index in [9.17, 15) is 9.59 Å². The molecule has 3 rings (SSSR count). The van der Waals surface area contributed by atoms with Gasteiger partial charge >= 0.3 is 5.97 Å². The van der Waals surface area contributed by atoms with Gasteiger partial charge in [0, 0.05) is 11.1 Å². The zero-order chi connectivity index (χ0) is 18.7. The molecule has 5 nitrogen and oxygen atoms in total. The molecule has 134 valence electrons. The highest BCUT2D eigenvalue weighted by molar-refractivity contribution is 7.20. The van der Waals surface area contributed by atoms with Crippen molar-refractivity contribution in [2.24, 2.45) is 0 Å². The number of carbonyl (C=O) groups excluding carboxylic acids is 2. The standard InChI is InChI=1S/C19H18N2O3S2/c1-11-7-13(8-15(12(11)2)19(23)24-3)20-17(22)9-14-10-26-18(21-14)16-5-4-6-25-16/h4-8,10H,9H2,1-3H3,(H,20,22). The number of methoxy groups -OCH3 is 1. The summed E-state index contributed by atoms with van der Waals surface area (Å²) >= 11 is 3.15. The lowest BCUT2D eigenvalue weighted by Crippen LogP contribution is -2.16. The second kappa shape index (κ2) is 7.80. The molecule has 0 aliphatic heterocycles. The maximum atomic E-state index is 12.4. The van der Waals surface area contributed by atoms with Gasteiger partial charge in [-0.3, -0.25) is 4.79 Å².